The highest BCUT2D eigenvalue weighted by atomic mass is 16.5. The Balaban J connectivity index is 0.828. The van der Waals surface area contributed by atoms with Crippen molar-refractivity contribution in [1.29, 1.82) is 0 Å². The van der Waals surface area contributed by atoms with Gasteiger partial charge in [0.25, 0.3) is 0 Å². The van der Waals surface area contributed by atoms with Crippen molar-refractivity contribution in [3.63, 3.8) is 0 Å². The van der Waals surface area contributed by atoms with E-state index < -0.39 is 5.41 Å². The molecule has 2 aromatic heterocycles. The van der Waals surface area contributed by atoms with E-state index in [0.717, 1.165) is 123 Å². The number of furan rings is 2. The fourth-order valence-electron chi connectivity index (χ4n) is 15.8. The number of anilines is 6. The molecule has 0 fully saturated rings. The molecule has 0 bridgehead atoms. The first kappa shape index (κ1) is 51.4. The molecule has 0 saturated carbocycles. The van der Waals surface area contributed by atoms with Gasteiger partial charge in [0.2, 0.25) is 0 Å². The first-order chi connectivity index (χ1) is 44.9. The summed E-state index contributed by atoms with van der Waals surface area (Å²) < 4.78 is 21.0. The summed E-state index contributed by atoms with van der Waals surface area (Å²) >= 11 is 0. The minimum atomic E-state index is -0.782. The van der Waals surface area contributed by atoms with Gasteiger partial charge >= 0.3 is 0 Å². The zero-order valence-corrected chi connectivity index (χ0v) is 50.0. The minimum absolute atomic E-state index is 0.122. The van der Waals surface area contributed by atoms with E-state index >= 15 is 0 Å². The Bertz CT molecular complexity index is 5640. The van der Waals surface area contributed by atoms with E-state index in [0.29, 0.717) is 0 Å². The largest absolute Gasteiger partial charge is 0.457 e. The molecule has 5 heteroatoms. The Kier molecular flexibility index (Phi) is 11.0. The summed E-state index contributed by atoms with van der Waals surface area (Å²) in [6.45, 7) is 4.70. The molecule has 428 valence electrons. The van der Waals surface area contributed by atoms with Gasteiger partial charge < -0.3 is 23.4 Å². The monoisotopic (exact) mass is 1160 g/mol. The summed E-state index contributed by atoms with van der Waals surface area (Å²) in [6.07, 6.45) is 0. The second-order valence-electron chi connectivity index (χ2n) is 25.0. The maximum absolute atomic E-state index is 7.55. The maximum atomic E-state index is 7.55. The van der Waals surface area contributed by atoms with E-state index in [1.807, 2.05) is 6.07 Å². The Morgan fingerprint density at radius 1 is 0.286 bits per heavy atom. The number of para-hydroxylation sites is 3. The van der Waals surface area contributed by atoms with Crippen LogP contribution in [0, 0.1) is 0 Å². The summed E-state index contributed by atoms with van der Waals surface area (Å²) in [7, 11) is 0. The molecule has 0 atom stereocenters. The molecule has 0 amide bonds. The first-order valence-electron chi connectivity index (χ1n) is 31.4. The zero-order valence-electron chi connectivity index (χ0n) is 50.0. The standard InChI is InChI=1S/C86H56N2O3/c1-85(2)71-31-13-8-25-63(71)66-45-40-55(48-75(66)85)53-38-41-57(42-39-53)87(60-49-69(62-30-18-21-54-20-6-7-24-61(54)62)84-70(50-60)67-28-11-16-35-78(67)91-84)59-43-46-74-82(52-59)90-80-47-44-58(51-76(80)86(74)72-32-14-9-26-64(72)65-27-10-15-33-73(65)86)88(56-22-4-3-5-23-56)77-34-19-37-81-83(77)68-29-12-17-36-79(68)89-81/h3-52H,1-2H3. The number of rotatable bonds is 8. The van der Waals surface area contributed by atoms with Gasteiger partial charge in [-0.15, -0.1) is 0 Å². The molecule has 3 heterocycles. The van der Waals surface area contributed by atoms with Crippen molar-refractivity contribution in [2.45, 2.75) is 24.7 Å². The first-order valence-corrected chi connectivity index (χ1v) is 31.4. The summed E-state index contributed by atoms with van der Waals surface area (Å²) in [6, 6.07) is 110. The Labute approximate surface area is 526 Å². The molecule has 5 nitrogen and oxygen atoms in total. The summed E-state index contributed by atoms with van der Waals surface area (Å²) in [5, 5.41) is 6.55. The van der Waals surface area contributed by atoms with Gasteiger partial charge in [-0.2, -0.15) is 0 Å². The SMILES string of the molecule is CC1(C)c2ccccc2-c2ccc(-c3ccc(N(c4ccc5c(c4)Oc4ccc(N(c6ccccc6)c6cccc7oc8ccccc8c67)cc4C54c5ccccc5-c5ccccc54)c4cc(-c5cccc6ccccc56)c5oc6ccccc6c5c4)cc3)cc21. The Morgan fingerprint density at radius 2 is 0.857 bits per heavy atom. The van der Waals surface area contributed by atoms with Crippen molar-refractivity contribution in [1.82, 2.24) is 0 Å². The maximum Gasteiger partial charge on any atom is 0.143 e. The van der Waals surface area contributed by atoms with Crippen LogP contribution in [-0.4, -0.2) is 0 Å². The van der Waals surface area contributed by atoms with E-state index in [4.69, 9.17) is 13.6 Å². The van der Waals surface area contributed by atoms with Crippen LogP contribution in [0.3, 0.4) is 0 Å². The van der Waals surface area contributed by atoms with Crippen molar-refractivity contribution >= 4 is 88.8 Å². The molecule has 1 spiro atoms. The number of hydrogen-bond donors (Lipinski definition) is 0. The lowest BCUT2D eigenvalue weighted by Gasteiger charge is -2.40. The number of nitrogens with zero attached hydrogens (tertiary/aromatic N) is 2. The average molecular weight is 1170 g/mol. The van der Waals surface area contributed by atoms with E-state index in [9.17, 15) is 0 Å². The summed E-state index contributed by atoms with van der Waals surface area (Å²) in [5.74, 6) is 1.58. The third-order valence-corrected chi connectivity index (χ3v) is 19.9. The van der Waals surface area contributed by atoms with Gasteiger partial charge in [0.15, 0.2) is 0 Å². The second-order valence-corrected chi connectivity index (χ2v) is 25.0. The minimum Gasteiger partial charge on any atom is -0.457 e. The molecule has 0 N–H and O–H groups in total. The lowest BCUT2D eigenvalue weighted by molar-refractivity contribution is 0.436. The molecule has 19 rings (SSSR count). The van der Waals surface area contributed by atoms with Crippen molar-refractivity contribution in [3.8, 4) is 56.0 Å². The second kappa shape index (κ2) is 19.4. The normalized spacial score (nSPS) is 13.6. The van der Waals surface area contributed by atoms with Crippen LogP contribution in [0.15, 0.2) is 312 Å². The predicted molar refractivity (Wildman–Crippen MR) is 374 cm³/mol. The van der Waals surface area contributed by atoms with E-state index in [1.54, 1.807) is 0 Å². The van der Waals surface area contributed by atoms with Crippen LogP contribution < -0.4 is 14.5 Å². The predicted octanol–water partition coefficient (Wildman–Crippen LogP) is 23.7. The van der Waals surface area contributed by atoms with Crippen LogP contribution >= 0.6 is 0 Å². The molecule has 16 aromatic rings. The topological polar surface area (TPSA) is 42.0 Å². The quantitative estimate of drug-likeness (QED) is 0.152. The van der Waals surface area contributed by atoms with Gasteiger partial charge in [-0.05, 0) is 163 Å². The van der Waals surface area contributed by atoms with Gasteiger partial charge in [0.1, 0.15) is 33.8 Å². The summed E-state index contributed by atoms with van der Waals surface area (Å²) in [4.78, 5) is 4.79. The highest BCUT2D eigenvalue weighted by molar-refractivity contribution is 6.15. The fraction of sp³-hybridized carbons (Fsp3) is 0.0465. The molecule has 1 aliphatic heterocycles. The molecular weight excluding hydrogens is 1110 g/mol. The zero-order chi connectivity index (χ0) is 60.1. The van der Waals surface area contributed by atoms with Crippen LogP contribution in [0.2, 0.25) is 0 Å². The van der Waals surface area contributed by atoms with Gasteiger partial charge in [-0.1, -0.05) is 220 Å². The van der Waals surface area contributed by atoms with Gasteiger partial charge in [0.05, 0.1) is 16.5 Å². The van der Waals surface area contributed by atoms with E-state index in [1.165, 1.54) is 55.5 Å². The molecule has 91 heavy (non-hydrogen) atoms. The van der Waals surface area contributed by atoms with Crippen LogP contribution in [0.5, 0.6) is 11.5 Å². The van der Waals surface area contributed by atoms with Crippen molar-refractivity contribution in [3.05, 3.63) is 337 Å². The van der Waals surface area contributed by atoms with Gasteiger partial charge in [-0.3, -0.25) is 0 Å². The third-order valence-electron chi connectivity index (χ3n) is 19.9. The fourth-order valence-corrected chi connectivity index (χ4v) is 15.8. The van der Waals surface area contributed by atoms with Crippen molar-refractivity contribution < 1.29 is 13.6 Å². The van der Waals surface area contributed by atoms with Crippen LogP contribution in [0.4, 0.5) is 34.1 Å². The van der Waals surface area contributed by atoms with E-state index in [2.05, 4.69) is 321 Å². The van der Waals surface area contributed by atoms with Crippen LogP contribution in [0.25, 0.3) is 99.2 Å². The van der Waals surface area contributed by atoms with Gasteiger partial charge in [0, 0.05) is 72.8 Å². The Hall–Kier alpha value is -11.7. The summed E-state index contributed by atoms with van der Waals surface area (Å²) in [5.41, 5.74) is 25.3. The highest BCUT2D eigenvalue weighted by Gasteiger charge is 2.51. The van der Waals surface area contributed by atoms with Crippen LogP contribution in [-0.2, 0) is 10.8 Å². The number of ether oxygens (including phenoxy) is 1. The average Bonchev–Trinajstić information content (AvgIpc) is 1.59. The Morgan fingerprint density at radius 3 is 1.65 bits per heavy atom. The van der Waals surface area contributed by atoms with E-state index in [-0.39, 0.29) is 5.41 Å². The third kappa shape index (κ3) is 7.46. The molecular formula is C86H56N2O3. The smallest absolute Gasteiger partial charge is 0.143 e. The lowest BCUT2D eigenvalue weighted by atomic mass is 9.66. The molecule has 0 radical (unpaired) electrons. The van der Waals surface area contributed by atoms with Gasteiger partial charge in [-0.25, -0.2) is 0 Å². The molecule has 14 aromatic carbocycles. The number of benzene rings is 14. The van der Waals surface area contributed by atoms with Crippen molar-refractivity contribution in [2.24, 2.45) is 0 Å². The number of fused-ring (bicyclic) bond motifs is 19. The van der Waals surface area contributed by atoms with Crippen LogP contribution in [0.1, 0.15) is 47.2 Å². The lowest BCUT2D eigenvalue weighted by Crippen LogP contribution is -2.32. The molecule has 0 unspecified atom stereocenters. The molecule has 3 aliphatic rings. The van der Waals surface area contributed by atoms with Crippen molar-refractivity contribution in [2.75, 3.05) is 9.80 Å². The number of hydrogen-bond acceptors (Lipinski definition) is 5. The molecule has 0 saturated heterocycles. The molecule has 2 aliphatic carbocycles. The highest BCUT2D eigenvalue weighted by Crippen LogP contribution is 2.64.